The van der Waals surface area contributed by atoms with Crippen LogP contribution in [0.2, 0.25) is 0 Å². The number of hydrogen-bond acceptors (Lipinski definition) is 7. The normalized spacial score (nSPS) is 23.5. The van der Waals surface area contributed by atoms with E-state index < -0.39 is 23.8 Å². The van der Waals surface area contributed by atoms with Gasteiger partial charge in [-0.05, 0) is 68.4 Å². The Morgan fingerprint density at radius 1 is 1.00 bits per heavy atom. The summed E-state index contributed by atoms with van der Waals surface area (Å²) in [4.78, 5) is 56.6. The summed E-state index contributed by atoms with van der Waals surface area (Å²) in [6, 6.07) is 11.6. The van der Waals surface area contributed by atoms with Crippen molar-refractivity contribution < 1.29 is 23.9 Å². The predicted octanol–water partition coefficient (Wildman–Crippen LogP) is 2.48. The molecular weight excluding hydrogens is 520 g/mol. The monoisotopic (exact) mass is 558 g/mol. The number of carbonyl (C=O) groups excluding carboxylic acids is 4. The number of morpholine rings is 1. The van der Waals surface area contributed by atoms with E-state index >= 15 is 0 Å². The Morgan fingerprint density at radius 2 is 1.80 bits per heavy atom. The van der Waals surface area contributed by atoms with Gasteiger partial charge in [0, 0.05) is 44.2 Å². The van der Waals surface area contributed by atoms with Crippen molar-refractivity contribution >= 4 is 23.6 Å². The van der Waals surface area contributed by atoms with Gasteiger partial charge in [-0.2, -0.15) is 0 Å². The van der Waals surface area contributed by atoms with E-state index in [2.05, 4.69) is 54.1 Å². The number of nitrogens with one attached hydrogen (secondary N) is 1. The lowest BCUT2D eigenvalue weighted by Gasteiger charge is -2.53. The molecule has 4 aliphatic heterocycles. The SMILES string of the molecule is Cc1cc(CCc2cccc3c2C(=O)N(C2CCC(=O)NC2=O)C3=O)ccc1CN1CC(N2CCOCC2(C)C)C1. The standard InChI is InChI=1S/C32H38N4O5/c1-20-15-21(8-10-23(20)16-34-17-24(18-34)35-13-14-41-19-32(35,2)3)7-9-22-5-4-6-25-28(22)31(40)36(30(25)39)26-11-12-27(37)33-29(26)38/h4-6,8,10,15,24,26H,7,9,11-14,16-19H2,1-3H3,(H,33,37,38). The Kier molecular flexibility index (Phi) is 7.30. The van der Waals surface area contributed by atoms with Crippen LogP contribution in [0.15, 0.2) is 36.4 Å². The highest BCUT2D eigenvalue weighted by atomic mass is 16.5. The molecule has 6 rings (SSSR count). The van der Waals surface area contributed by atoms with Crippen LogP contribution in [0.25, 0.3) is 0 Å². The topological polar surface area (TPSA) is 99.3 Å². The Bertz CT molecular complexity index is 1410. The fraction of sp³-hybridized carbons (Fsp3) is 0.500. The second-order valence-corrected chi connectivity index (χ2v) is 12.5. The van der Waals surface area contributed by atoms with Gasteiger partial charge in [0.1, 0.15) is 6.04 Å². The van der Waals surface area contributed by atoms with E-state index in [4.69, 9.17) is 4.74 Å². The lowest BCUT2D eigenvalue weighted by atomic mass is 9.94. The zero-order valence-corrected chi connectivity index (χ0v) is 24.1. The summed E-state index contributed by atoms with van der Waals surface area (Å²) in [5.74, 6) is -1.88. The highest BCUT2D eigenvalue weighted by molar-refractivity contribution is 6.24. The van der Waals surface area contributed by atoms with Gasteiger partial charge in [0.25, 0.3) is 11.8 Å². The number of amides is 4. The van der Waals surface area contributed by atoms with Crippen LogP contribution >= 0.6 is 0 Å². The molecule has 0 aromatic heterocycles. The second-order valence-electron chi connectivity index (χ2n) is 12.5. The van der Waals surface area contributed by atoms with Crippen LogP contribution in [-0.4, -0.2) is 88.8 Å². The molecule has 1 N–H and O–H groups in total. The van der Waals surface area contributed by atoms with Gasteiger partial charge < -0.3 is 4.74 Å². The van der Waals surface area contributed by atoms with Crippen LogP contribution in [0.5, 0.6) is 0 Å². The quantitative estimate of drug-likeness (QED) is 0.522. The van der Waals surface area contributed by atoms with Crippen LogP contribution in [0.4, 0.5) is 0 Å². The minimum Gasteiger partial charge on any atom is -0.378 e. The molecule has 41 heavy (non-hydrogen) atoms. The molecule has 1 atom stereocenters. The molecule has 2 aromatic rings. The summed E-state index contributed by atoms with van der Waals surface area (Å²) in [6.07, 6.45) is 1.60. The molecule has 4 heterocycles. The number of imide groups is 2. The molecule has 4 amide bonds. The lowest BCUT2D eigenvalue weighted by Crippen LogP contribution is -2.67. The average Bonchev–Trinajstić information content (AvgIpc) is 3.16. The summed E-state index contributed by atoms with van der Waals surface area (Å²) in [7, 11) is 0. The van der Waals surface area contributed by atoms with Crippen molar-refractivity contribution in [3.63, 3.8) is 0 Å². The largest absolute Gasteiger partial charge is 0.378 e. The van der Waals surface area contributed by atoms with Crippen molar-refractivity contribution in [1.29, 1.82) is 0 Å². The first-order valence-electron chi connectivity index (χ1n) is 14.6. The number of nitrogens with zero attached hydrogens (tertiary/aromatic N) is 3. The summed E-state index contributed by atoms with van der Waals surface area (Å²) >= 11 is 0. The average molecular weight is 559 g/mol. The van der Waals surface area contributed by atoms with Gasteiger partial charge in [0.15, 0.2) is 0 Å². The van der Waals surface area contributed by atoms with Crippen LogP contribution in [-0.2, 0) is 33.7 Å². The first-order chi connectivity index (χ1) is 19.6. The highest BCUT2D eigenvalue weighted by Gasteiger charge is 2.45. The third-order valence-corrected chi connectivity index (χ3v) is 9.13. The van der Waals surface area contributed by atoms with Crippen molar-refractivity contribution in [3.05, 3.63) is 69.8 Å². The van der Waals surface area contributed by atoms with Gasteiger partial charge in [-0.3, -0.25) is 39.2 Å². The van der Waals surface area contributed by atoms with Gasteiger partial charge >= 0.3 is 0 Å². The number of aryl methyl sites for hydroxylation is 3. The first-order valence-corrected chi connectivity index (χ1v) is 14.6. The first kappa shape index (κ1) is 27.8. The van der Waals surface area contributed by atoms with Crippen LogP contribution in [0.3, 0.4) is 0 Å². The molecule has 0 bridgehead atoms. The number of piperidine rings is 1. The molecule has 1 unspecified atom stereocenters. The Labute approximate surface area is 240 Å². The number of likely N-dealkylation sites (tertiary alicyclic amines) is 1. The van der Waals surface area contributed by atoms with Gasteiger partial charge in [-0.1, -0.05) is 30.3 Å². The Morgan fingerprint density at radius 3 is 2.54 bits per heavy atom. The molecule has 0 aliphatic carbocycles. The van der Waals surface area contributed by atoms with Crippen LogP contribution in [0.1, 0.15) is 69.7 Å². The minimum absolute atomic E-state index is 0.0899. The summed E-state index contributed by atoms with van der Waals surface area (Å²) in [6.45, 7) is 12.4. The molecule has 9 nitrogen and oxygen atoms in total. The summed E-state index contributed by atoms with van der Waals surface area (Å²) in [5.41, 5.74) is 5.37. The van der Waals surface area contributed by atoms with Crippen molar-refractivity contribution in [1.82, 2.24) is 20.0 Å². The molecule has 4 aliphatic rings. The van der Waals surface area contributed by atoms with Crippen LogP contribution in [0, 0.1) is 6.92 Å². The van der Waals surface area contributed by atoms with Crippen molar-refractivity contribution in [3.8, 4) is 0 Å². The number of ether oxygens (including phenoxy) is 1. The molecule has 0 spiro atoms. The van der Waals surface area contributed by atoms with E-state index in [1.165, 1.54) is 16.7 Å². The van der Waals surface area contributed by atoms with Crippen molar-refractivity contribution in [2.75, 3.05) is 32.8 Å². The zero-order chi connectivity index (χ0) is 28.9. The van der Waals surface area contributed by atoms with E-state index in [-0.39, 0.29) is 24.3 Å². The third-order valence-electron chi connectivity index (χ3n) is 9.13. The Hall–Kier alpha value is -3.40. The minimum atomic E-state index is -0.954. The molecule has 9 heteroatoms. The fourth-order valence-corrected chi connectivity index (χ4v) is 6.82. The second kappa shape index (κ2) is 10.8. The van der Waals surface area contributed by atoms with Gasteiger partial charge in [0.2, 0.25) is 11.8 Å². The van der Waals surface area contributed by atoms with Crippen molar-refractivity contribution in [2.24, 2.45) is 0 Å². The van der Waals surface area contributed by atoms with E-state index in [0.29, 0.717) is 23.6 Å². The van der Waals surface area contributed by atoms with E-state index in [9.17, 15) is 19.2 Å². The maximum atomic E-state index is 13.4. The smallest absolute Gasteiger partial charge is 0.262 e. The lowest BCUT2D eigenvalue weighted by molar-refractivity contribution is -0.136. The molecule has 2 aromatic carbocycles. The molecular formula is C32H38N4O5. The van der Waals surface area contributed by atoms with E-state index in [1.54, 1.807) is 12.1 Å². The van der Waals surface area contributed by atoms with Crippen LogP contribution < -0.4 is 5.32 Å². The number of carbonyl (C=O) groups is 4. The van der Waals surface area contributed by atoms with E-state index in [1.807, 2.05) is 6.07 Å². The molecule has 3 fully saturated rings. The van der Waals surface area contributed by atoms with Gasteiger partial charge in [-0.15, -0.1) is 0 Å². The van der Waals surface area contributed by atoms with Gasteiger partial charge in [-0.25, -0.2) is 0 Å². The number of benzene rings is 2. The Balaban J connectivity index is 1.08. The van der Waals surface area contributed by atoms with Crippen molar-refractivity contribution in [2.45, 2.75) is 70.6 Å². The predicted molar refractivity (Wildman–Crippen MR) is 152 cm³/mol. The maximum Gasteiger partial charge on any atom is 0.262 e. The summed E-state index contributed by atoms with van der Waals surface area (Å²) in [5, 5.41) is 2.25. The highest BCUT2D eigenvalue weighted by Crippen LogP contribution is 2.31. The number of rotatable bonds is 7. The molecule has 0 saturated carbocycles. The van der Waals surface area contributed by atoms with Gasteiger partial charge in [0.05, 0.1) is 24.3 Å². The summed E-state index contributed by atoms with van der Waals surface area (Å²) < 4.78 is 5.69. The fourth-order valence-electron chi connectivity index (χ4n) is 6.82. The molecule has 3 saturated heterocycles. The third kappa shape index (κ3) is 5.22. The molecule has 0 radical (unpaired) electrons. The number of fused-ring (bicyclic) bond motifs is 1. The zero-order valence-electron chi connectivity index (χ0n) is 24.1. The van der Waals surface area contributed by atoms with E-state index in [0.717, 1.165) is 56.3 Å². The number of hydrogen-bond donors (Lipinski definition) is 1. The maximum absolute atomic E-state index is 13.4. The molecule has 216 valence electrons.